The van der Waals surface area contributed by atoms with Crippen molar-refractivity contribution in [1.29, 1.82) is 0 Å². The van der Waals surface area contributed by atoms with Crippen LogP contribution in [0.5, 0.6) is 5.75 Å². The van der Waals surface area contributed by atoms with Gasteiger partial charge in [0, 0.05) is 41.3 Å². The number of aromatic nitrogens is 4. The Hall–Kier alpha value is -5.27. The Morgan fingerprint density at radius 3 is 2.43 bits per heavy atom. The van der Waals surface area contributed by atoms with Crippen LogP contribution in [0.15, 0.2) is 67.1 Å². The Bertz CT molecular complexity index is 2450. The third kappa shape index (κ3) is 6.91. The first-order valence-electron chi connectivity index (χ1n) is 19.5. The molecular weight excluding hydrogens is 729 g/mol. The van der Waals surface area contributed by atoms with E-state index in [-0.39, 0.29) is 29.6 Å². The highest BCUT2D eigenvalue weighted by Crippen LogP contribution is 2.48. The van der Waals surface area contributed by atoms with Gasteiger partial charge in [0.2, 0.25) is 10.0 Å². The lowest BCUT2D eigenvalue weighted by molar-refractivity contribution is -0.0586. The summed E-state index contributed by atoms with van der Waals surface area (Å²) in [6.45, 7) is 8.26. The number of fused-ring (bicyclic) bond motifs is 5. The second-order valence-electron chi connectivity index (χ2n) is 15.6. The fourth-order valence-electron chi connectivity index (χ4n) is 8.64. The highest BCUT2D eigenvalue weighted by Gasteiger charge is 2.34. The number of hydrogen-bond acceptors (Lipinski definition) is 8. The van der Waals surface area contributed by atoms with Crippen LogP contribution in [0, 0.1) is 0 Å². The van der Waals surface area contributed by atoms with Crippen LogP contribution in [0.2, 0.25) is 0 Å². The van der Waals surface area contributed by atoms with Crippen LogP contribution in [0.3, 0.4) is 0 Å². The van der Waals surface area contributed by atoms with E-state index in [0.717, 1.165) is 59.0 Å². The van der Waals surface area contributed by atoms with Crippen LogP contribution in [-0.4, -0.2) is 82.1 Å². The molecule has 0 unspecified atom stereocenters. The number of hydrogen-bond donors (Lipinski definition) is 1. The molecule has 2 atom stereocenters. The topological polar surface area (TPSA) is 138 Å². The predicted molar refractivity (Wildman–Crippen MR) is 216 cm³/mol. The van der Waals surface area contributed by atoms with Crippen molar-refractivity contribution in [3.05, 3.63) is 95.1 Å². The van der Waals surface area contributed by atoms with Crippen molar-refractivity contribution in [2.24, 2.45) is 0 Å². The van der Waals surface area contributed by atoms with Gasteiger partial charge in [-0.2, -0.15) is 5.10 Å². The molecule has 13 heteroatoms. The molecular formula is C43H48N6O6S. The van der Waals surface area contributed by atoms with Gasteiger partial charge in [0.1, 0.15) is 5.75 Å². The van der Waals surface area contributed by atoms with Gasteiger partial charge in [-0.25, -0.2) is 17.8 Å². The van der Waals surface area contributed by atoms with E-state index in [1.807, 2.05) is 55.1 Å². The molecule has 1 aliphatic carbocycles. The third-order valence-electron chi connectivity index (χ3n) is 11.3. The molecule has 56 heavy (non-hydrogen) atoms. The molecule has 1 N–H and O–H groups in total. The van der Waals surface area contributed by atoms with Crippen molar-refractivity contribution in [3.63, 3.8) is 0 Å². The Balaban J connectivity index is 1.38. The Morgan fingerprint density at radius 1 is 0.964 bits per heavy atom. The number of amides is 2. The maximum Gasteiger partial charge on any atom is 0.264 e. The van der Waals surface area contributed by atoms with E-state index < -0.39 is 21.2 Å². The summed E-state index contributed by atoms with van der Waals surface area (Å²) >= 11 is 0. The normalized spacial score (nSPS) is 19.0. The van der Waals surface area contributed by atoms with Gasteiger partial charge in [-0.05, 0) is 112 Å². The van der Waals surface area contributed by atoms with Gasteiger partial charge in [-0.3, -0.25) is 14.6 Å². The predicted octanol–water partition coefficient (Wildman–Crippen LogP) is 7.22. The molecule has 3 aliphatic rings. The zero-order chi connectivity index (χ0) is 39.3. The molecule has 1 saturated carbocycles. The van der Waals surface area contributed by atoms with Crippen molar-refractivity contribution in [3.8, 4) is 22.7 Å². The number of benzene rings is 2. The summed E-state index contributed by atoms with van der Waals surface area (Å²) < 4.78 is 43.7. The van der Waals surface area contributed by atoms with Gasteiger partial charge >= 0.3 is 0 Å². The smallest absolute Gasteiger partial charge is 0.264 e. The van der Waals surface area contributed by atoms with Gasteiger partial charge in [0.25, 0.3) is 11.8 Å². The average Bonchev–Trinajstić information content (AvgIpc) is 3.72. The van der Waals surface area contributed by atoms with Crippen LogP contribution >= 0.6 is 0 Å². The highest BCUT2D eigenvalue weighted by molar-refractivity contribution is 7.90. The summed E-state index contributed by atoms with van der Waals surface area (Å²) in [5, 5.41) is 5.08. The molecule has 8 rings (SSSR count). The third-order valence-corrected chi connectivity index (χ3v) is 13.0. The van der Waals surface area contributed by atoms with Gasteiger partial charge in [-0.1, -0.05) is 25.3 Å². The van der Waals surface area contributed by atoms with Gasteiger partial charge in [0.05, 0.1) is 66.1 Å². The number of morpholine rings is 1. The fourth-order valence-corrected chi connectivity index (χ4v) is 9.25. The molecule has 2 amide bonds. The second-order valence-corrected chi connectivity index (χ2v) is 17.8. The molecule has 5 heterocycles. The Labute approximate surface area is 327 Å². The summed E-state index contributed by atoms with van der Waals surface area (Å²) in [6.07, 6.45) is 12.5. The first-order chi connectivity index (χ1) is 26.9. The van der Waals surface area contributed by atoms with E-state index >= 15 is 0 Å². The monoisotopic (exact) mass is 776 g/mol. The van der Waals surface area contributed by atoms with Gasteiger partial charge < -0.3 is 18.9 Å². The lowest BCUT2D eigenvalue weighted by Gasteiger charge is -2.35. The molecule has 292 valence electrons. The minimum atomic E-state index is -3.87. The van der Waals surface area contributed by atoms with Crippen molar-refractivity contribution < 1.29 is 27.5 Å². The maximum atomic E-state index is 14.6. The summed E-state index contributed by atoms with van der Waals surface area (Å²) in [5.41, 5.74) is 7.84. The summed E-state index contributed by atoms with van der Waals surface area (Å²) in [7, 11) is -2.21. The number of allylic oxidation sites excluding steroid dienone is 1. The number of pyridine rings is 1. The standard InChI is InChI=1S/C43H48N6O6S/c1-26(2)56(52,53)46-42(50)30-13-15-36-38(20-30)48-25-32(18-31-19-34(54-5)14-16-35(31)41(48)39(36)29-10-7-6-8-11-29)40-37(22-45-49(40)33-12-9-17-44-21-33)43(51)47-23-27(3)55-28(4)24-47/h9,12-22,26-29H,6-8,10-11,23-25H2,1-5H3,(H,46,50)/t27-,28+. The lowest BCUT2D eigenvalue weighted by Crippen LogP contribution is -2.48. The number of carbonyl (C=O) groups excluding carboxylic acids is 2. The Morgan fingerprint density at radius 2 is 1.73 bits per heavy atom. The largest absolute Gasteiger partial charge is 0.497 e. The van der Waals surface area contributed by atoms with Gasteiger partial charge in [0.15, 0.2) is 0 Å². The summed E-state index contributed by atoms with van der Waals surface area (Å²) in [4.78, 5) is 34.5. The first kappa shape index (κ1) is 37.6. The number of ether oxygens (including phenoxy) is 2. The van der Waals surface area contributed by atoms with Crippen LogP contribution in [0.1, 0.15) is 103 Å². The van der Waals surface area contributed by atoms with E-state index in [0.29, 0.717) is 42.3 Å². The first-order valence-corrected chi connectivity index (χ1v) is 21.0. The molecule has 3 aromatic heterocycles. The Kier molecular flexibility index (Phi) is 10.1. The number of methoxy groups -OCH3 is 1. The minimum Gasteiger partial charge on any atom is -0.497 e. The molecule has 1 saturated heterocycles. The number of nitrogens with zero attached hydrogens (tertiary/aromatic N) is 5. The second kappa shape index (κ2) is 15.0. The molecule has 12 nitrogen and oxygen atoms in total. The molecule has 2 aliphatic heterocycles. The molecule has 2 aromatic carbocycles. The van der Waals surface area contributed by atoms with Gasteiger partial charge in [-0.15, -0.1) is 0 Å². The van der Waals surface area contributed by atoms with Crippen molar-refractivity contribution in [2.75, 3.05) is 20.2 Å². The number of carbonyl (C=O) groups is 2. The van der Waals surface area contributed by atoms with Crippen LogP contribution in [-0.2, 0) is 21.3 Å². The molecule has 0 bridgehead atoms. The quantitative estimate of drug-likeness (QED) is 0.175. The van der Waals surface area contributed by atoms with Crippen LogP contribution in [0.25, 0.3) is 39.5 Å². The van der Waals surface area contributed by atoms with Crippen LogP contribution in [0.4, 0.5) is 0 Å². The number of sulfonamides is 1. The molecule has 0 spiro atoms. The maximum absolute atomic E-state index is 14.6. The minimum absolute atomic E-state index is 0.120. The van der Waals surface area contributed by atoms with E-state index in [2.05, 4.69) is 26.4 Å². The number of rotatable bonds is 8. The number of nitrogens with one attached hydrogen (secondary N) is 1. The zero-order valence-corrected chi connectivity index (χ0v) is 33.3. The molecule has 2 fully saturated rings. The van der Waals surface area contributed by atoms with Crippen molar-refractivity contribution in [1.82, 2.24) is 29.0 Å². The average molecular weight is 777 g/mol. The fraction of sp³-hybridized carbons (Fsp3) is 0.395. The molecule has 0 radical (unpaired) electrons. The summed E-state index contributed by atoms with van der Waals surface area (Å²) in [6, 6.07) is 15.4. The van der Waals surface area contributed by atoms with E-state index in [4.69, 9.17) is 14.6 Å². The summed E-state index contributed by atoms with van der Waals surface area (Å²) in [5.74, 6) is 0.158. The lowest BCUT2D eigenvalue weighted by atomic mass is 9.81. The zero-order valence-electron chi connectivity index (χ0n) is 32.5. The van der Waals surface area contributed by atoms with E-state index in [1.54, 1.807) is 36.4 Å². The van der Waals surface area contributed by atoms with Crippen molar-refractivity contribution >= 4 is 44.4 Å². The van der Waals surface area contributed by atoms with Crippen LogP contribution < -0.4 is 9.46 Å². The van der Waals surface area contributed by atoms with E-state index in [1.165, 1.54) is 25.8 Å². The SMILES string of the molecule is COc1ccc2c(c1)C=C(c1c(C(=O)N3C[C@@H](C)O[C@@H](C)C3)cnn1-c1cccnc1)Cn1c-2c(C2CCCCC2)c2ccc(C(=O)NS(=O)(=O)C(C)C)cc21. The van der Waals surface area contributed by atoms with Crippen molar-refractivity contribution in [2.45, 2.75) is 89.7 Å². The highest BCUT2D eigenvalue weighted by atomic mass is 32.2. The molecule has 5 aromatic rings. The van der Waals surface area contributed by atoms with E-state index in [9.17, 15) is 18.0 Å².